The molecule has 0 saturated carbocycles. The van der Waals surface area contributed by atoms with Crippen LogP contribution in [0.5, 0.6) is 0 Å². The highest BCUT2D eigenvalue weighted by atomic mass is 16.4. The first kappa shape index (κ1) is 16.4. The summed E-state index contributed by atoms with van der Waals surface area (Å²) in [5.74, 6) is -2.21. The summed E-state index contributed by atoms with van der Waals surface area (Å²) in [6.07, 6.45) is 0. The minimum absolute atomic E-state index is 0.00629. The molecule has 0 bridgehead atoms. The number of aliphatic carboxylic acids is 1. The molecule has 1 atom stereocenters. The van der Waals surface area contributed by atoms with E-state index >= 15 is 0 Å². The third-order valence-electron chi connectivity index (χ3n) is 3.26. The van der Waals surface area contributed by atoms with Gasteiger partial charge >= 0.3 is 5.97 Å². The second-order valence-corrected chi connectivity index (χ2v) is 5.15. The molecule has 0 aliphatic heterocycles. The number of carboxylic acid groups (broad SMARTS) is 1. The Kier molecular flexibility index (Phi) is 5.24. The summed E-state index contributed by atoms with van der Waals surface area (Å²) < 4.78 is 1.20. The number of nitrogens with one attached hydrogen (secondary N) is 1. The molecule has 1 heterocycles. The number of carboxylic acids is 1. The van der Waals surface area contributed by atoms with Crippen LogP contribution in [-0.4, -0.2) is 33.3 Å². The minimum Gasteiger partial charge on any atom is -0.481 e. The molecule has 120 valence electrons. The number of hydrogen-bond donors (Lipinski definition) is 2. The molecule has 1 aromatic heterocycles. The van der Waals surface area contributed by atoms with E-state index in [1.807, 2.05) is 30.3 Å². The maximum Gasteiger partial charge on any atom is 0.308 e. The Bertz CT molecular complexity index is 755. The Balaban J connectivity index is 2.12. The normalized spacial score (nSPS) is 11.7. The van der Waals surface area contributed by atoms with Gasteiger partial charge in [-0.3, -0.25) is 14.4 Å². The van der Waals surface area contributed by atoms with Crippen LogP contribution < -0.4 is 10.9 Å². The Morgan fingerprint density at radius 3 is 2.57 bits per heavy atom. The second-order valence-electron chi connectivity index (χ2n) is 5.15. The van der Waals surface area contributed by atoms with E-state index in [9.17, 15) is 14.4 Å². The summed E-state index contributed by atoms with van der Waals surface area (Å²) >= 11 is 0. The SMILES string of the molecule is CC(CNC(=O)c1ccc(=O)n(Cc2ccccc2)n1)C(=O)O. The molecule has 1 amide bonds. The maximum atomic E-state index is 12.0. The van der Waals surface area contributed by atoms with E-state index in [1.54, 1.807) is 0 Å². The van der Waals surface area contributed by atoms with Gasteiger partial charge in [-0.25, -0.2) is 4.68 Å². The molecule has 2 aromatic rings. The van der Waals surface area contributed by atoms with Gasteiger partial charge in [-0.2, -0.15) is 5.10 Å². The fraction of sp³-hybridized carbons (Fsp3) is 0.250. The van der Waals surface area contributed by atoms with Crippen LogP contribution in [0.1, 0.15) is 23.0 Å². The number of aromatic nitrogens is 2. The molecule has 23 heavy (non-hydrogen) atoms. The van der Waals surface area contributed by atoms with Gasteiger partial charge in [0.1, 0.15) is 5.69 Å². The fourth-order valence-corrected chi connectivity index (χ4v) is 1.86. The van der Waals surface area contributed by atoms with Crippen LogP contribution in [-0.2, 0) is 11.3 Å². The molecule has 0 fully saturated rings. The number of hydrogen-bond acceptors (Lipinski definition) is 4. The van der Waals surface area contributed by atoms with Crippen molar-refractivity contribution >= 4 is 11.9 Å². The molecule has 0 spiro atoms. The van der Waals surface area contributed by atoms with E-state index in [0.717, 1.165) is 5.56 Å². The van der Waals surface area contributed by atoms with Crippen LogP contribution in [0.15, 0.2) is 47.3 Å². The predicted molar refractivity (Wildman–Crippen MR) is 83.2 cm³/mol. The Hall–Kier alpha value is -2.96. The lowest BCUT2D eigenvalue weighted by Crippen LogP contribution is -2.34. The first-order valence-corrected chi connectivity index (χ1v) is 7.10. The zero-order valence-corrected chi connectivity index (χ0v) is 12.6. The van der Waals surface area contributed by atoms with Crippen molar-refractivity contribution < 1.29 is 14.7 Å². The van der Waals surface area contributed by atoms with Crippen molar-refractivity contribution in [1.29, 1.82) is 0 Å². The molecule has 0 aliphatic rings. The van der Waals surface area contributed by atoms with E-state index < -0.39 is 17.8 Å². The van der Waals surface area contributed by atoms with Crippen LogP contribution in [0.4, 0.5) is 0 Å². The van der Waals surface area contributed by atoms with Crippen molar-refractivity contribution in [2.24, 2.45) is 5.92 Å². The molecule has 0 saturated heterocycles. The average molecular weight is 315 g/mol. The predicted octanol–water partition coefficient (Wildman–Crippen LogP) is 0.742. The first-order valence-electron chi connectivity index (χ1n) is 7.10. The Labute approximate surface area is 132 Å². The third-order valence-corrected chi connectivity index (χ3v) is 3.26. The largest absolute Gasteiger partial charge is 0.481 e. The van der Waals surface area contributed by atoms with Gasteiger partial charge in [0.05, 0.1) is 12.5 Å². The van der Waals surface area contributed by atoms with Gasteiger partial charge in [0.25, 0.3) is 11.5 Å². The van der Waals surface area contributed by atoms with Gasteiger partial charge in [0, 0.05) is 12.6 Å². The van der Waals surface area contributed by atoms with Crippen molar-refractivity contribution in [1.82, 2.24) is 15.1 Å². The van der Waals surface area contributed by atoms with Crippen molar-refractivity contribution in [3.63, 3.8) is 0 Å². The van der Waals surface area contributed by atoms with E-state index in [2.05, 4.69) is 10.4 Å². The molecule has 2 N–H and O–H groups in total. The number of rotatable bonds is 6. The maximum absolute atomic E-state index is 12.0. The van der Waals surface area contributed by atoms with Crippen LogP contribution >= 0.6 is 0 Å². The van der Waals surface area contributed by atoms with Crippen molar-refractivity contribution in [3.05, 3.63) is 64.1 Å². The lowest BCUT2D eigenvalue weighted by Gasteiger charge is -2.09. The Morgan fingerprint density at radius 2 is 1.91 bits per heavy atom. The summed E-state index contributed by atoms with van der Waals surface area (Å²) in [6.45, 7) is 1.74. The molecule has 0 aliphatic carbocycles. The van der Waals surface area contributed by atoms with Crippen LogP contribution in [0.2, 0.25) is 0 Å². The summed E-state index contributed by atoms with van der Waals surface area (Å²) in [5, 5.41) is 15.3. The molecule has 7 nitrogen and oxygen atoms in total. The molecule has 2 rings (SSSR count). The van der Waals surface area contributed by atoms with Crippen LogP contribution in [0.3, 0.4) is 0 Å². The fourth-order valence-electron chi connectivity index (χ4n) is 1.86. The van der Waals surface area contributed by atoms with Gasteiger partial charge < -0.3 is 10.4 Å². The number of nitrogens with zero attached hydrogens (tertiary/aromatic N) is 2. The van der Waals surface area contributed by atoms with E-state index in [0.29, 0.717) is 0 Å². The standard InChI is InChI=1S/C16H17N3O4/c1-11(16(22)23)9-17-15(21)13-7-8-14(20)19(18-13)10-12-5-3-2-4-6-12/h2-8,11H,9-10H2,1H3,(H,17,21)(H,22,23). The monoisotopic (exact) mass is 315 g/mol. The van der Waals surface area contributed by atoms with Crippen LogP contribution in [0, 0.1) is 5.92 Å². The second kappa shape index (κ2) is 7.35. The summed E-state index contributed by atoms with van der Waals surface area (Å²) in [7, 11) is 0. The van der Waals surface area contributed by atoms with E-state index in [4.69, 9.17) is 5.11 Å². The topological polar surface area (TPSA) is 101 Å². The zero-order valence-electron chi connectivity index (χ0n) is 12.6. The van der Waals surface area contributed by atoms with Crippen molar-refractivity contribution in [2.75, 3.05) is 6.54 Å². The number of carbonyl (C=O) groups is 2. The number of benzene rings is 1. The van der Waals surface area contributed by atoms with Gasteiger partial charge in [-0.1, -0.05) is 37.3 Å². The highest BCUT2D eigenvalue weighted by molar-refractivity contribution is 5.92. The number of amides is 1. The number of carbonyl (C=O) groups excluding carboxylic acids is 1. The lowest BCUT2D eigenvalue weighted by atomic mass is 10.2. The highest BCUT2D eigenvalue weighted by Gasteiger charge is 2.14. The zero-order chi connectivity index (χ0) is 16.8. The van der Waals surface area contributed by atoms with Gasteiger partial charge in [-0.15, -0.1) is 0 Å². The van der Waals surface area contributed by atoms with Crippen molar-refractivity contribution in [2.45, 2.75) is 13.5 Å². The van der Waals surface area contributed by atoms with Crippen molar-refractivity contribution in [3.8, 4) is 0 Å². The molecule has 1 unspecified atom stereocenters. The molecule has 1 aromatic carbocycles. The van der Waals surface area contributed by atoms with E-state index in [-0.39, 0.29) is 24.3 Å². The average Bonchev–Trinajstić information content (AvgIpc) is 2.55. The smallest absolute Gasteiger partial charge is 0.308 e. The quantitative estimate of drug-likeness (QED) is 0.819. The lowest BCUT2D eigenvalue weighted by molar-refractivity contribution is -0.140. The molecule has 7 heteroatoms. The van der Waals surface area contributed by atoms with E-state index in [1.165, 1.54) is 23.7 Å². The van der Waals surface area contributed by atoms with Gasteiger partial charge in [0.2, 0.25) is 0 Å². The third kappa shape index (κ3) is 4.50. The first-order chi connectivity index (χ1) is 11.0. The molecular weight excluding hydrogens is 298 g/mol. The van der Waals surface area contributed by atoms with Gasteiger partial charge in [-0.05, 0) is 11.6 Å². The highest BCUT2D eigenvalue weighted by Crippen LogP contribution is 2.00. The van der Waals surface area contributed by atoms with Crippen LogP contribution in [0.25, 0.3) is 0 Å². The Morgan fingerprint density at radius 1 is 1.22 bits per heavy atom. The summed E-state index contributed by atoms with van der Waals surface area (Å²) in [4.78, 5) is 34.6. The van der Waals surface area contributed by atoms with Gasteiger partial charge in [0.15, 0.2) is 0 Å². The molecule has 0 radical (unpaired) electrons. The summed E-state index contributed by atoms with van der Waals surface area (Å²) in [5.41, 5.74) is 0.640. The molecular formula is C16H17N3O4. The minimum atomic E-state index is -0.993. The summed E-state index contributed by atoms with van der Waals surface area (Å²) in [6, 6.07) is 11.9.